The van der Waals surface area contributed by atoms with Crippen LogP contribution < -0.4 is 5.32 Å². The molecule has 1 aliphatic heterocycles. The number of nitrogens with one attached hydrogen (secondary N) is 1. The van der Waals surface area contributed by atoms with Crippen LogP contribution in [0.2, 0.25) is 0 Å². The predicted molar refractivity (Wildman–Crippen MR) is 113 cm³/mol. The van der Waals surface area contributed by atoms with Crippen molar-refractivity contribution in [3.8, 4) is 0 Å². The summed E-state index contributed by atoms with van der Waals surface area (Å²) in [6.45, 7) is 11.7. The SMILES string of the molecule is CCOC(=O)CC1CCN(C(=O)O)[C@](C(=O)Nc2c(C)csc2C)(C(C)(C)C)C1. The highest BCUT2D eigenvalue weighted by Gasteiger charge is 2.57. The minimum Gasteiger partial charge on any atom is -0.466 e. The van der Waals surface area contributed by atoms with Crippen LogP contribution in [0.1, 0.15) is 57.4 Å². The second kappa shape index (κ2) is 8.73. The molecule has 1 unspecified atom stereocenters. The van der Waals surface area contributed by atoms with Crippen LogP contribution >= 0.6 is 11.3 Å². The molecule has 1 aromatic rings. The molecule has 2 atom stereocenters. The standard InChI is InChI=1S/C21H32N2O5S/c1-7-28-16(24)10-15-8-9-23(19(26)27)21(11-15,20(4,5)6)18(25)22-17-13(2)12-29-14(17)3/h12,15H,7-11H2,1-6H3,(H,22,25)(H,26,27)/t15?,21-/m1/s1. The van der Waals surface area contributed by atoms with E-state index in [1.807, 2.05) is 40.0 Å². The first-order valence-corrected chi connectivity index (χ1v) is 10.8. The van der Waals surface area contributed by atoms with Gasteiger partial charge in [0.05, 0.1) is 12.3 Å². The Morgan fingerprint density at radius 1 is 1.34 bits per heavy atom. The van der Waals surface area contributed by atoms with E-state index in [0.717, 1.165) is 16.1 Å². The van der Waals surface area contributed by atoms with Gasteiger partial charge in [0.1, 0.15) is 5.54 Å². The van der Waals surface area contributed by atoms with Gasteiger partial charge < -0.3 is 15.2 Å². The van der Waals surface area contributed by atoms with Crippen LogP contribution in [-0.2, 0) is 14.3 Å². The molecule has 2 amide bonds. The first-order chi connectivity index (χ1) is 13.4. The molecule has 2 N–H and O–H groups in total. The Kier molecular flexibility index (Phi) is 6.98. The van der Waals surface area contributed by atoms with Crippen LogP contribution in [0, 0.1) is 25.2 Å². The summed E-state index contributed by atoms with van der Waals surface area (Å²) < 4.78 is 5.08. The summed E-state index contributed by atoms with van der Waals surface area (Å²) >= 11 is 1.54. The minimum atomic E-state index is -1.30. The maximum atomic E-state index is 13.7. The molecule has 1 saturated heterocycles. The second-order valence-electron chi connectivity index (χ2n) is 8.72. The number of hydrogen-bond acceptors (Lipinski definition) is 5. The molecule has 29 heavy (non-hydrogen) atoms. The van der Waals surface area contributed by atoms with Crippen molar-refractivity contribution in [3.63, 3.8) is 0 Å². The van der Waals surface area contributed by atoms with E-state index in [9.17, 15) is 19.5 Å². The van der Waals surface area contributed by atoms with Crippen LogP contribution in [0.25, 0.3) is 0 Å². The summed E-state index contributed by atoms with van der Waals surface area (Å²) in [6.07, 6.45) is -0.144. The normalized spacial score (nSPS) is 22.3. The van der Waals surface area contributed by atoms with Gasteiger partial charge >= 0.3 is 12.1 Å². The monoisotopic (exact) mass is 424 g/mol. The Morgan fingerprint density at radius 2 is 2.00 bits per heavy atom. The van der Waals surface area contributed by atoms with E-state index in [1.54, 1.807) is 18.3 Å². The van der Waals surface area contributed by atoms with E-state index in [2.05, 4.69) is 5.32 Å². The molecule has 7 nitrogen and oxygen atoms in total. The molecule has 8 heteroatoms. The number of aryl methyl sites for hydroxylation is 2. The lowest BCUT2D eigenvalue weighted by Crippen LogP contribution is -2.68. The molecule has 1 fully saturated rings. The number of carbonyl (C=O) groups is 3. The average Bonchev–Trinajstić information content (AvgIpc) is 2.92. The van der Waals surface area contributed by atoms with Crippen LogP contribution in [-0.4, -0.2) is 46.7 Å². The summed E-state index contributed by atoms with van der Waals surface area (Å²) in [6, 6.07) is 0. The number of nitrogens with zero attached hydrogens (tertiary/aromatic N) is 1. The quantitative estimate of drug-likeness (QED) is 0.682. The minimum absolute atomic E-state index is 0.126. The summed E-state index contributed by atoms with van der Waals surface area (Å²) in [5, 5.41) is 14.9. The molecule has 162 valence electrons. The highest BCUT2D eigenvalue weighted by atomic mass is 32.1. The number of hydrogen-bond donors (Lipinski definition) is 2. The van der Waals surface area contributed by atoms with Gasteiger partial charge in [-0.25, -0.2) is 4.79 Å². The lowest BCUT2D eigenvalue weighted by Gasteiger charge is -2.53. The van der Waals surface area contributed by atoms with Gasteiger partial charge in [0.25, 0.3) is 5.91 Å². The van der Waals surface area contributed by atoms with Gasteiger partial charge in [0.15, 0.2) is 0 Å². The molecule has 0 bridgehead atoms. The second-order valence-corrected chi connectivity index (χ2v) is 9.80. The van der Waals surface area contributed by atoms with Crippen molar-refractivity contribution in [2.24, 2.45) is 11.3 Å². The van der Waals surface area contributed by atoms with Crippen molar-refractivity contribution in [2.45, 2.75) is 66.3 Å². The summed E-state index contributed by atoms with van der Waals surface area (Å²) in [5.41, 5.74) is -0.289. The largest absolute Gasteiger partial charge is 0.466 e. The van der Waals surface area contributed by atoms with E-state index in [0.29, 0.717) is 13.0 Å². The Labute approximate surface area is 176 Å². The summed E-state index contributed by atoms with van der Waals surface area (Å²) in [4.78, 5) is 40.1. The maximum absolute atomic E-state index is 13.7. The average molecular weight is 425 g/mol. The number of carboxylic acid groups (broad SMARTS) is 1. The van der Waals surface area contributed by atoms with Crippen molar-refractivity contribution in [1.82, 2.24) is 4.90 Å². The van der Waals surface area contributed by atoms with Crippen LogP contribution in [0.3, 0.4) is 0 Å². The fourth-order valence-corrected chi connectivity index (χ4v) is 5.07. The van der Waals surface area contributed by atoms with Crippen molar-refractivity contribution >= 4 is 35.0 Å². The van der Waals surface area contributed by atoms with Gasteiger partial charge in [-0.2, -0.15) is 0 Å². The number of esters is 1. The van der Waals surface area contributed by atoms with Crippen molar-refractivity contribution < 1.29 is 24.2 Å². The Bertz CT molecular complexity index is 763. The first kappa shape index (κ1) is 23.2. The van der Waals surface area contributed by atoms with E-state index < -0.39 is 17.0 Å². The molecule has 1 aromatic heterocycles. The fraction of sp³-hybridized carbons (Fsp3) is 0.667. The number of amides is 2. The molecule has 1 aliphatic rings. The maximum Gasteiger partial charge on any atom is 0.408 e. The number of piperidine rings is 1. The fourth-order valence-electron chi connectivity index (χ4n) is 4.26. The zero-order valence-electron chi connectivity index (χ0n) is 18.1. The highest BCUT2D eigenvalue weighted by molar-refractivity contribution is 7.10. The number of anilines is 1. The van der Waals surface area contributed by atoms with Gasteiger partial charge in [-0.15, -0.1) is 11.3 Å². The number of ether oxygens (including phenoxy) is 1. The lowest BCUT2D eigenvalue weighted by atomic mass is 9.64. The number of thiophene rings is 1. The van der Waals surface area contributed by atoms with E-state index >= 15 is 0 Å². The topological polar surface area (TPSA) is 95.9 Å². The first-order valence-electron chi connectivity index (χ1n) is 9.96. The molecule has 0 aliphatic carbocycles. The zero-order chi connectivity index (χ0) is 22.0. The van der Waals surface area contributed by atoms with Gasteiger partial charge in [0, 0.05) is 17.8 Å². The smallest absolute Gasteiger partial charge is 0.408 e. The summed E-state index contributed by atoms with van der Waals surface area (Å²) in [5.74, 6) is -0.779. The van der Waals surface area contributed by atoms with Gasteiger partial charge in [-0.1, -0.05) is 20.8 Å². The molecule has 2 rings (SSSR count). The predicted octanol–water partition coefficient (Wildman–Crippen LogP) is 4.43. The van der Waals surface area contributed by atoms with E-state index in [4.69, 9.17) is 4.74 Å². The Morgan fingerprint density at radius 3 is 2.48 bits per heavy atom. The van der Waals surface area contributed by atoms with Gasteiger partial charge in [-0.3, -0.25) is 14.5 Å². The molecular formula is C21H32N2O5S. The number of rotatable bonds is 5. The van der Waals surface area contributed by atoms with Crippen molar-refractivity contribution in [3.05, 3.63) is 15.8 Å². The Hall–Kier alpha value is -2.09. The van der Waals surface area contributed by atoms with Crippen LogP contribution in [0.15, 0.2) is 5.38 Å². The molecule has 0 spiro atoms. The third-order valence-electron chi connectivity index (χ3n) is 5.81. The number of carbonyl (C=O) groups excluding carboxylic acids is 2. The van der Waals surface area contributed by atoms with Crippen molar-refractivity contribution in [1.29, 1.82) is 0 Å². The molecule has 0 saturated carbocycles. The molecule has 2 heterocycles. The van der Waals surface area contributed by atoms with E-state index in [1.165, 1.54) is 4.90 Å². The van der Waals surface area contributed by atoms with Crippen LogP contribution in [0.4, 0.5) is 10.5 Å². The van der Waals surface area contributed by atoms with Gasteiger partial charge in [0.2, 0.25) is 0 Å². The zero-order valence-corrected chi connectivity index (χ0v) is 18.9. The van der Waals surface area contributed by atoms with Gasteiger partial charge in [-0.05, 0) is 55.9 Å². The van der Waals surface area contributed by atoms with Crippen LogP contribution in [0.5, 0.6) is 0 Å². The van der Waals surface area contributed by atoms with E-state index in [-0.39, 0.29) is 37.2 Å². The number of likely N-dealkylation sites (tertiary alicyclic amines) is 1. The third-order valence-corrected chi connectivity index (χ3v) is 6.84. The summed E-state index contributed by atoms with van der Waals surface area (Å²) in [7, 11) is 0. The Balaban J connectivity index is 2.45. The van der Waals surface area contributed by atoms with Crippen molar-refractivity contribution in [2.75, 3.05) is 18.5 Å². The highest BCUT2D eigenvalue weighted by Crippen LogP contribution is 2.46. The third kappa shape index (κ3) is 4.57. The molecule has 0 radical (unpaired) electrons. The lowest BCUT2D eigenvalue weighted by molar-refractivity contribution is -0.149. The molecule has 0 aromatic carbocycles. The molecular weight excluding hydrogens is 392 g/mol.